The number of phenols is 1. The molecular formula is C26H40N2O4. The minimum Gasteiger partial charge on any atom is -0.508 e. The van der Waals surface area contributed by atoms with Crippen molar-refractivity contribution in [3.63, 3.8) is 0 Å². The SMILES string of the molecule is C[C@H]1CN(CCN(CC2CCCCC2)C(=O)CCC(=O)O)CC[C@]1(C)c1cccc(O)c1. The highest BCUT2D eigenvalue weighted by atomic mass is 16.4. The van der Waals surface area contributed by atoms with E-state index in [-0.39, 0.29) is 24.2 Å². The number of phenolic OH excluding ortho intramolecular Hbond substituents is 1. The van der Waals surface area contributed by atoms with Gasteiger partial charge in [-0.25, -0.2) is 0 Å². The number of carbonyl (C=O) groups excluding carboxylic acids is 1. The van der Waals surface area contributed by atoms with Gasteiger partial charge < -0.3 is 20.0 Å². The number of carbonyl (C=O) groups is 2. The molecule has 2 fully saturated rings. The van der Waals surface area contributed by atoms with Gasteiger partial charge in [0.05, 0.1) is 6.42 Å². The third-order valence-electron chi connectivity index (χ3n) is 7.87. The summed E-state index contributed by atoms with van der Waals surface area (Å²) in [6.45, 7) is 8.73. The summed E-state index contributed by atoms with van der Waals surface area (Å²) in [6.07, 6.45) is 7.10. The number of likely N-dealkylation sites (tertiary alicyclic amines) is 1. The Labute approximate surface area is 192 Å². The molecule has 178 valence electrons. The van der Waals surface area contributed by atoms with Crippen molar-refractivity contribution in [2.75, 3.05) is 32.7 Å². The quantitative estimate of drug-likeness (QED) is 0.595. The molecule has 0 bridgehead atoms. The number of piperidine rings is 1. The van der Waals surface area contributed by atoms with E-state index in [1.54, 1.807) is 6.07 Å². The molecule has 1 saturated heterocycles. The summed E-state index contributed by atoms with van der Waals surface area (Å²) < 4.78 is 0. The van der Waals surface area contributed by atoms with E-state index >= 15 is 0 Å². The van der Waals surface area contributed by atoms with Gasteiger partial charge in [0.15, 0.2) is 0 Å². The molecule has 0 unspecified atom stereocenters. The van der Waals surface area contributed by atoms with E-state index in [1.807, 2.05) is 17.0 Å². The van der Waals surface area contributed by atoms with Gasteiger partial charge in [0.1, 0.15) is 5.75 Å². The van der Waals surface area contributed by atoms with Crippen molar-refractivity contribution in [2.24, 2.45) is 11.8 Å². The van der Waals surface area contributed by atoms with Gasteiger partial charge in [0.2, 0.25) is 5.91 Å². The monoisotopic (exact) mass is 444 g/mol. The molecule has 1 saturated carbocycles. The largest absolute Gasteiger partial charge is 0.508 e. The van der Waals surface area contributed by atoms with Gasteiger partial charge in [-0.1, -0.05) is 45.2 Å². The Bertz CT molecular complexity index is 777. The van der Waals surface area contributed by atoms with Crippen molar-refractivity contribution < 1.29 is 19.8 Å². The molecule has 6 heteroatoms. The number of aliphatic carboxylic acids is 1. The Balaban J connectivity index is 1.57. The Morgan fingerprint density at radius 1 is 1.19 bits per heavy atom. The van der Waals surface area contributed by atoms with Crippen LogP contribution in [0.4, 0.5) is 0 Å². The van der Waals surface area contributed by atoms with Crippen molar-refractivity contribution in [1.82, 2.24) is 9.80 Å². The second-order valence-electron chi connectivity index (χ2n) is 10.2. The first-order valence-electron chi connectivity index (χ1n) is 12.3. The van der Waals surface area contributed by atoms with Crippen LogP contribution in [0.15, 0.2) is 24.3 Å². The summed E-state index contributed by atoms with van der Waals surface area (Å²) >= 11 is 0. The highest BCUT2D eigenvalue weighted by molar-refractivity contribution is 5.80. The molecule has 1 amide bonds. The molecule has 0 spiro atoms. The second-order valence-corrected chi connectivity index (χ2v) is 10.2. The van der Waals surface area contributed by atoms with Gasteiger partial charge in [-0.2, -0.15) is 0 Å². The van der Waals surface area contributed by atoms with Crippen molar-refractivity contribution >= 4 is 11.9 Å². The van der Waals surface area contributed by atoms with Gasteiger partial charge in [0.25, 0.3) is 0 Å². The lowest BCUT2D eigenvalue weighted by molar-refractivity contribution is -0.141. The summed E-state index contributed by atoms with van der Waals surface area (Å²) in [5.41, 5.74) is 1.21. The first kappa shape index (κ1) is 24.6. The van der Waals surface area contributed by atoms with Crippen LogP contribution in [0.25, 0.3) is 0 Å². The molecule has 32 heavy (non-hydrogen) atoms. The van der Waals surface area contributed by atoms with Crippen LogP contribution < -0.4 is 0 Å². The topological polar surface area (TPSA) is 81.1 Å². The maximum absolute atomic E-state index is 12.8. The van der Waals surface area contributed by atoms with Crippen LogP contribution in [-0.4, -0.2) is 64.6 Å². The van der Waals surface area contributed by atoms with Crippen molar-refractivity contribution in [3.8, 4) is 5.75 Å². The van der Waals surface area contributed by atoms with Gasteiger partial charge in [-0.05, 0) is 60.8 Å². The molecule has 6 nitrogen and oxygen atoms in total. The fraction of sp³-hybridized carbons (Fsp3) is 0.692. The fourth-order valence-corrected chi connectivity index (χ4v) is 5.44. The number of aromatic hydroxyl groups is 1. The number of carboxylic acid groups (broad SMARTS) is 1. The number of hydrogen-bond donors (Lipinski definition) is 2. The first-order valence-corrected chi connectivity index (χ1v) is 12.3. The summed E-state index contributed by atoms with van der Waals surface area (Å²) in [7, 11) is 0. The lowest BCUT2D eigenvalue weighted by Crippen LogP contribution is -2.50. The van der Waals surface area contributed by atoms with E-state index in [1.165, 1.54) is 37.7 Å². The van der Waals surface area contributed by atoms with Crippen molar-refractivity contribution in [2.45, 2.75) is 70.6 Å². The highest BCUT2D eigenvalue weighted by Gasteiger charge is 2.38. The minimum absolute atomic E-state index is 0.0207. The molecule has 0 radical (unpaired) electrons. The summed E-state index contributed by atoms with van der Waals surface area (Å²) in [6, 6.07) is 7.63. The van der Waals surface area contributed by atoms with E-state index in [9.17, 15) is 14.7 Å². The smallest absolute Gasteiger partial charge is 0.303 e. The van der Waals surface area contributed by atoms with Crippen molar-refractivity contribution in [3.05, 3.63) is 29.8 Å². The lowest BCUT2D eigenvalue weighted by Gasteiger charge is -2.45. The number of benzene rings is 1. The summed E-state index contributed by atoms with van der Waals surface area (Å²) in [4.78, 5) is 28.1. The van der Waals surface area contributed by atoms with Crippen LogP contribution in [0.5, 0.6) is 5.75 Å². The average molecular weight is 445 g/mol. The predicted octanol–water partition coefficient (Wildman–Crippen LogP) is 4.27. The molecule has 1 aromatic carbocycles. The lowest BCUT2D eigenvalue weighted by atomic mass is 9.68. The maximum Gasteiger partial charge on any atom is 0.303 e. The van der Waals surface area contributed by atoms with Crippen molar-refractivity contribution in [1.29, 1.82) is 0 Å². The standard InChI is InChI=1S/C26H40N2O4/c1-20-18-27(14-13-26(20,2)22-9-6-10-23(29)17-22)15-16-28(24(30)11-12-25(31)32)19-21-7-4-3-5-8-21/h6,9-10,17,20-21,29H,3-5,7-8,11-16,18-19H2,1-2H3,(H,31,32)/t20-,26-/m0/s1. The zero-order valence-electron chi connectivity index (χ0n) is 19.8. The van der Waals surface area contributed by atoms with Gasteiger partial charge in [-0.3, -0.25) is 9.59 Å². The first-order chi connectivity index (χ1) is 15.3. The zero-order valence-corrected chi connectivity index (χ0v) is 19.8. The van der Waals surface area contributed by atoms with Crippen LogP contribution in [0.1, 0.15) is 70.8 Å². The number of nitrogens with zero attached hydrogens (tertiary/aromatic N) is 2. The maximum atomic E-state index is 12.8. The van der Waals surface area contributed by atoms with E-state index in [2.05, 4.69) is 24.8 Å². The normalized spacial score (nSPS) is 24.9. The predicted molar refractivity (Wildman–Crippen MR) is 126 cm³/mol. The van der Waals surface area contributed by atoms with E-state index < -0.39 is 5.97 Å². The Kier molecular flexibility index (Phi) is 8.57. The number of rotatable bonds is 9. The Morgan fingerprint density at radius 2 is 1.94 bits per heavy atom. The van der Waals surface area contributed by atoms with Gasteiger partial charge in [0, 0.05) is 32.6 Å². The molecular weight excluding hydrogens is 404 g/mol. The summed E-state index contributed by atoms with van der Waals surface area (Å²) in [5.74, 6) is 0.357. The van der Waals surface area contributed by atoms with Crippen LogP contribution >= 0.6 is 0 Å². The average Bonchev–Trinajstić information content (AvgIpc) is 2.78. The van der Waals surface area contributed by atoms with Gasteiger partial charge in [-0.15, -0.1) is 0 Å². The Morgan fingerprint density at radius 3 is 2.59 bits per heavy atom. The molecule has 1 aliphatic heterocycles. The molecule has 1 heterocycles. The molecule has 2 N–H and O–H groups in total. The molecule has 0 aromatic heterocycles. The molecule has 2 atom stereocenters. The van der Waals surface area contributed by atoms with E-state index in [0.29, 0.717) is 24.1 Å². The molecule has 3 rings (SSSR count). The number of hydrogen-bond acceptors (Lipinski definition) is 4. The minimum atomic E-state index is -0.910. The fourth-order valence-electron chi connectivity index (χ4n) is 5.44. The van der Waals surface area contributed by atoms with Crippen LogP contribution in [-0.2, 0) is 15.0 Å². The van der Waals surface area contributed by atoms with Gasteiger partial charge >= 0.3 is 5.97 Å². The van der Waals surface area contributed by atoms with Crippen LogP contribution in [0.3, 0.4) is 0 Å². The Hall–Kier alpha value is -2.08. The van der Waals surface area contributed by atoms with Crippen LogP contribution in [0, 0.1) is 11.8 Å². The van der Waals surface area contributed by atoms with Crippen LogP contribution in [0.2, 0.25) is 0 Å². The van der Waals surface area contributed by atoms with E-state index in [4.69, 9.17) is 5.11 Å². The highest BCUT2D eigenvalue weighted by Crippen LogP contribution is 2.40. The second kappa shape index (κ2) is 11.2. The zero-order chi connectivity index (χ0) is 23.1. The third-order valence-corrected chi connectivity index (χ3v) is 7.87. The molecule has 2 aliphatic rings. The third kappa shape index (κ3) is 6.47. The number of amides is 1. The molecule has 1 aromatic rings. The molecule has 1 aliphatic carbocycles. The van der Waals surface area contributed by atoms with E-state index in [0.717, 1.165) is 32.6 Å². The number of carboxylic acids is 1. The summed E-state index contributed by atoms with van der Waals surface area (Å²) in [5, 5.41) is 18.9.